The molecule has 0 saturated heterocycles. The Hall–Kier alpha value is -14.7. The van der Waals surface area contributed by atoms with Crippen LogP contribution in [0.3, 0.4) is 0 Å². The minimum atomic E-state index is -0.341. The van der Waals surface area contributed by atoms with E-state index in [0.717, 1.165) is 175 Å². The van der Waals surface area contributed by atoms with E-state index in [1.165, 1.54) is 21.9 Å². The van der Waals surface area contributed by atoms with Crippen molar-refractivity contribution in [2.75, 3.05) is 29.4 Å². The Morgan fingerprint density at radius 2 is 0.575 bits per heavy atom. The Morgan fingerprint density at radius 1 is 0.204 bits per heavy atom. The van der Waals surface area contributed by atoms with E-state index in [0.29, 0.717) is 0 Å². The number of anilines is 18. The monoisotopic (exact) mass is 1440 g/mol. The standard InChI is InChI=1S/C102H67B3N6O2/c1-9-35-68(36-10-1)78-51-25-30-56-85(78)107(72-43-17-5-18-44-72)77-63-92-99-97(64-77)112-95-59-33-28-54-81(95)103(99)83-65-84-89(66-88(83)109(92)74-47-21-7-22-48-74)110(75-49-23-8-24-50-75)93-67-94-101(102-100(93)104(84)82-55-29-34-60-96(82)113-102)105-80-53-27-32-58-87(80)108(73-45-19-6-20-46-73)90-61-76(106(70-39-13-3-14-40-70)71-41-15-4-16-42-71)62-91(98(90)105)111(94)86-57-31-26-52-79(86)69-37-11-2-12-38-69/h1-67H. The summed E-state index contributed by atoms with van der Waals surface area (Å²) in [5.74, 6) is 3.33. The second kappa shape index (κ2) is 26.0. The van der Waals surface area contributed by atoms with Crippen LogP contribution in [0.5, 0.6) is 23.0 Å². The van der Waals surface area contributed by atoms with Gasteiger partial charge in [-0.15, -0.1) is 0 Å². The number of fused-ring (bicyclic) bond motifs is 13. The van der Waals surface area contributed by atoms with Gasteiger partial charge in [0.15, 0.2) is 0 Å². The zero-order valence-electron chi connectivity index (χ0n) is 61.4. The van der Waals surface area contributed by atoms with Crippen LogP contribution in [0.2, 0.25) is 0 Å². The van der Waals surface area contributed by atoms with Gasteiger partial charge < -0.3 is 38.9 Å². The summed E-state index contributed by atoms with van der Waals surface area (Å²) < 4.78 is 15.6. The van der Waals surface area contributed by atoms with Crippen molar-refractivity contribution in [1.29, 1.82) is 0 Å². The van der Waals surface area contributed by atoms with Gasteiger partial charge in [0.1, 0.15) is 23.0 Å². The Labute approximate surface area is 658 Å². The fourth-order valence-electron chi connectivity index (χ4n) is 19.1. The smallest absolute Gasteiger partial charge is 0.256 e. The van der Waals surface area contributed by atoms with Crippen molar-refractivity contribution >= 4 is 172 Å². The van der Waals surface area contributed by atoms with Crippen LogP contribution in [0.25, 0.3) is 22.3 Å². The van der Waals surface area contributed by atoms with Crippen LogP contribution in [-0.4, -0.2) is 20.1 Å². The molecule has 8 nitrogen and oxygen atoms in total. The van der Waals surface area contributed by atoms with E-state index in [-0.39, 0.29) is 20.1 Å². The summed E-state index contributed by atoms with van der Waals surface area (Å²) in [6.07, 6.45) is 0. The van der Waals surface area contributed by atoms with Crippen molar-refractivity contribution in [3.63, 3.8) is 0 Å². The molecule has 17 aromatic rings. The summed E-state index contributed by atoms with van der Waals surface area (Å²) in [5, 5.41) is 0. The number of hydrogen-bond acceptors (Lipinski definition) is 8. The van der Waals surface area contributed by atoms with Gasteiger partial charge in [0.05, 0.1) is 22.7 Å². The minimum Gasteiger partial charge on any atom is -0.459 e. The van der Waals surface area contributed by atoms with Gasteiger partial charge in [-0.3, -0.25) is 0 Å². The van der Waals surface area contributed by atoms with Crippen LogP contribution < -0.4 is 88.0 Å². The average molecular weight is 1440 g/mol. The predicted octanol–water partition coefficient (Wildman–Crippen LogP) is 20.9. The molecule has 0 saturated carbocycles. The number of ether oxygens (including phenoxy) is 2. The Bertz CT molecular complexity index is 6590. The van der Waals surface area contributed by atoms with Gasteiger partial charge in [0, 0.05) is 96.8 Å². The molecule has 0 bridgehead atoms. The van der Waals surface area contributed by atoms with E-state index in [4.69, 9.17) is 9.47 Å². The quantitative estimate of drug-likeness (QED) is 0.112. The third kappa shape index (κ3) is 10.1. The van der Waals surface area contributed by atoms with Crippen molar-refractivity contribution in [1.82, 2.24) is 0 Å². The van der Waals surface area contributed by atoms with E-state index in [1.807, 2.05) is 0 Å². The molecule has 0 aromatic heterocycles. The summed E-state index contributed by atoms with van der Waals surface area (Å²) in [4.78, 5) is 15.0. The molecule has 0 fully saturated rings. The largest absolute Gasteiger partial charge is 0.459 e. The van der Waals surface area contributed by atoms with Gasteiger partial charge in [-0.1, -0.05) is 267 Å². The first-order valence-electron chi connectivity index (χ1n) is 38.9. The van der Waals surface area contributed by atoms with Crippen LogP contribution in [0.15, 0.2) is 406 Å². The maximum Gasteiger partial charge on any atom is 0.256 e. The third-order valence-corrected chi connectivity index (χ3v) is 23.6. The van der Waals surface area contributed by atoms with Crippen molar-refractivity contribution < 1.29 is 9.47 Å². The molecule has 0 radical (unpaired) electrons. The van der Waals surface area contributed by atoms with E-state index < -0.39 is 0 Å². The molecule has 6 heterocycles. The average Bonchev–Trinajstić information content (AvgIpc) is 0.672. The van der Waals surface area contributed by atoms with Crippen molar-refractivity contribution in [3.05, 3.63) is 406 Å². The molecule has 0 amide bonds. The maximum absolute atomic E-state index is 8.11. The Kier molecular flexibility index (Phi) is 14.8. The van der Waals surface area contributed by atoms with E-state index in [2.05, 4.69) is 436 Å². The topological polar surface area (TPSA) is 37.9 Å². The highest BCUT2D eigenvalue weighted by Crippen LogP contribution is 2.55. The predicted molar refractivity (Wildman–Crippen MR) is 472 cm³/mol. The highest BCUT2D eigenvalue weighted by Gasteiger charge is 2.53. The van der Waals surface area contributed by atoms with Crippen molar-refractivity contribution in [3.8, 4) is 45.3 Å². The molecule has 113 heavy (non-hydrogen) atoms. The molecule has 6 aliphatic heterocycles. The number of nitrogens with zero attached hydrogens (tertiary/aromatic N) is 6. The second-order valence-electron chi connectivity index (χ2n) is 29.7. The lowest BCUT2D eigenvalue weighted by Gasteiger charge is -2.48. The van der Waals surface area contributed by atoms with Gasteiger partial charge in [-0.25, -0.2) is 0 Å². The number of rotatable bonds is 12. The third-order valence-electron chi connectivity index (χ3n) is 23.6. The lowest BCUT2D eigenvalue weighted by molar-refractivity contribution is 0.487. The summed E-state index contributed by atoms with van der Waals surface area (Å²) in [7, 11) is 0. The molecule has 6 aliphatic rings. The van der Waals surface area contributed by atoms with Crippen molar-refractivity contribution in [2.24, 2.45) is 0 Å². The summed E-state index contributed by atoms with van der Waals surface area (Å²) in [5.41, 5.74) is 33.5. The van der Waals surface area contributed by atoms with Gasteiger partial charge in [-0.2, -0.15) is 0 Å². The Morgan fingerprint density at radius 3 is 1.14 bits per heavy atom. The fourth-order valence-corrected chi connectivity index (χ4v) is 19.1. The molecule has 526 valence electrons. The van der Waals surface area contributed by atoms with E-state index >= 15 is 0 Å². The molecule has 0 atom stereocenters. The second-order valence-corrected chi connectivity index (χ2v) is 29.7. The highest BCUT2D eigenvalue weighted by atomic mass is 16.5. The molecular formula is C102H67B3N6O2. The molecule has 17 aromatic carbocycles. The number of para-hydroxylation sites is 11. The lowest BCUT2D eigenvalue weighted by Crippen LogP contribution is -2.66. The molecule has 0 aliphatic carbocycles. The number of hydrogen-bond donors (Lipinski definition) is 0. The maximum atomic E-state index is 8.11. The van der Waals surface area contributed by atoms with E-state index in [9.17, 15) is 0 Å². The highest BCUT2D eigenvalue weighted by molar-refractivity contribution is 7.04. The zero-order chi connectivity index (χ0) is 74.2. The van der Waals surface area contributed by atoms with E-state index in [1.54, 1.807) is 0 Å². The van der Waals surface area contributed by atoms with Crippen LogP contribution in [0.4, 0.5) is 102 Å². The molecule has 0 spiro atoms. The first kappa shape index (κ1) is 64.3. The fraction of sp³-hybridized carbons (Fsp3) is 0. The summed E-state index contributed by atoms with van der Waals surface area (Å²) in [6.45, 7) is -0.915. The van der Waals surface area contributed by atoms with Crippen LogP contribution in [0.1, 0.15) is 0 Å². The van der Waals surface area contributed by atoms with Gasteiger partial charge in [0.2, 0.25) is 0 Å². The summed E-state index contributed by atoms with van der Waals surface area (Å²) >= 11 is 0. The lowest BCUT2D eigenvalue weighted by atomic mass is 9.29. The normalized spacial score (nSPS) is 13.2. The molecule has 0 unspecified atom stereocenters. The first-order valence-corrected chi connectivity index (χ1v) is 38.9. The van der Waals surface area contributed by atoms with Crippen LogP contribution in [0, 0.1) is 0 Å². The molecule has 0 N–H and O–H groups in total. The minimum absolute atomic E-state index is 0.255. The first-order chi connectivity index (χ1) is 56.1. The molecular weight excluding hydrogens is 1370 g/mol. The Balaban J connectivity index is 0.828. The van der Waals surface area contributed by atoms with Gasteiger partial charge >= 0.3 is 0 Å². The van der Waals surface area contributed by atoms with Crippen LogP contribution >= 0.6 is 0 Å². The summed E-state index contributed by atoms with van der Waals surface area (Å²) in [6, 6.07) is 149. The molecule has 23 rings (SSSR count). The zero-order valence-corrected chi connectivity index (χ0v) is 61.4. The molecule has 11 heteroatoms. The van der Waals surface area contributed by atoms with Crippen molar-refractivity contribution in [2.45, 2.75) is 0 Å². The van der Waals surface area contributed by atoms with Gasteiger partial charge in [-0.05, 0) is 194 Å². The number of benzene rings is 17. The SMILES string of the molecule is c1ccc(-c2ccccc2N(c2ccccc2)c2cc3c4c(c2)N(c2ccccc2)c2cc5c(cc2B4c2ccccc2O3)B2c3ccccc3Oc3c2c(cc2c3B3c4ccccc4N(c4ccccc4)c4cc(N(c6ccccc6)c6ccccc6)cc(c43)N2c2ccccc2-c2ccccc2)N5c2ccccc2)cc1. The van der Waals surface area contributed by atoms with Gasteiger partial charge in [0.25, 0.3) is 20.1 Å². The van der Waals surface area contributed by atoms with Crippen LogP contribution in [-0.2, 0) is 0 Å².